The summed E-state index contributed by atoms with van der Waals surface area (Å²) < 4.78 is 0. The maximum Gasteiger partial charge on any atom is 0.169 e. The Morgan fingerprint density at radius 2 is 1.81 bits per heavy atom. The summed E-state index contributed by atoms with van der Waals surface area (Å²) in [5, 5.41) is 27.5. The smallest absolute Gasteiger partial charge is 0.169 e. The van der Waals surface area contributed by atoms with Crippen LogP contribution in [0, 0.1) is 0 Å². The molecule has 0 bridgehead atoms. The molecule has 5 heteroatoms. The lowest BCUT2D eigenvalue weighted by Crippen LogP contribution is -2.15. The predicted molar refractivity (Wildman–Crippen MR) is 62.1 cm³/mol. The molecule has 1 aromatic carbocycles. The normalized spacial score (nSPS) is 11.3. The monoisotopic (exact) mass is 224 g/mol. The van der Waals surface area contributed by atoms with Gasteiger partial charge in [0.25, 0.3) is 0 Å². The van der Waals surface area contributed by atoms with Gasteiger partial charge in [0, 0.05) is 0 Å². The molecule has 0 radical (unpaired) electrons. The first-order chi connectivity index (χ1) is 7.27. The zero-order chi connectivity index (χ0) is 12.5. The summed E-state index contributed by atoms with van der Waals surface area (Å²) in [6.45, 7) is 9.23. The molecule has 0 fully saturated rings. The number of anilines is 1. The second-order valence-corrected chi connectivity index (χ2v) is 4.56. The number of nitrogens with zero attached hydrogens (tertiary/aromatic N) is 2. The van der Waals surface area contributed by atoms with E-state index in [9.17, 15) is 5.11 Å². The van der Waals surface area contributed by atoms with Crippen LogP contribution >= 0.6 is 0 Å². The van der Waals surface area contributed by atoms with Gasteiger partial charge < -0.3 is 5.11 Å². The Morgan fingerprint density at radius 3 is 2.19 bits per heavy atom. The first kappa shape index (κ1) is 12.5. The van der Waals surface area contributed by atoms with Crippen LogP contribution in [0.15, 0.2) is 17.1 Å². The van der Waals surface area contributed by atoms with Crippen LogP contribution in [0.1, 0.15) is 26.3 Å². The van der Waals surface area contributed by atoms with Gasteiger partial charge in [-0.15, -0.1) is 5.23 Å². The fraction of sp³-hybridized carbons (Fsp3) is 0.364. The van der Waals surface area contributed by atoms with Gasteiger partial charge in [0.1, 0.15) is 11.4 Å². The molecule has 0 aliphatic carbocycles. The number of rotatable bonds is 2. The van der Waals surface area contributed by atoms with E-state index in [0.29, 0.717) is 0 Å². The standard InChI is InChI=1S/C11H16N2O3/c1-11(2,3)7-5-8(12-4)10(14)9(6-7)13(15)16/h5-6,14-16H,4H2,1-3H3. The van der Waals surface area contributed by atoms with Crippen LogP contribution in [0.2, 0.25) is 0 Å². The quantitative estimate of drug-likeness (QED) is 0.533. The van der Waals surface area contributed by atoms with Gasteiger partial charge in [0.2, 0.25) is 0 Å². The average molecular weight is 224 g/mol. The van der Waals surface area contributed by atoms with Gasteiger partial charge >= 0.3 is 0 Å². The van der Waals surface area contributed by atoms with E-state index >= 15 is 0 Å². The molecule has 3 N–H and O–H groups in total. The van der Waals surface area contributed by atoms with Crippen molar-refractivity contribution in [2.45, 2.75) is 26.2 Å². The van der Waals surface area contributed by atoms with Gasteiger partial charge in [-0.2, -0.15) is 0 Å². The molecular weight excluding hydrogens is 208 g/mol. The second-order valence-electron chi connectivity index (χ2n) is 4.56. The summed E-state index contributed by atoms with van der Waals surface area (Å²) in [4.78, 5) is 3.64. The van der Waals surface area contributed by atoms with Crippen LogP contribution in [0.4, 0.5) is 11.4 Å². The van der Waals surface area contributed by atoms with E-state index in [1.165, 1.54) is 6.07 Å². The van der Waals surface area contributed by atoms with E-state index in [2.05, 4.69) is 11.7 Å². The van der Waals surface area contributed by atoms with Gasteiger partial charge in [-0.3, -0.25) is 15.4 Å². The molecule has 1 rings (SSSR count). The summed E-state index contributed by atoms with van der Waals surface area (Å²) in [6, 6.07) is 3.15. The lowest BCUT2D eigenvalue weighted by Gasteiger charge is -2.22. The number of aromatic hydroxyl groups is 1. The highest BCUT2D eigenvalue weighted by molar-refractivity contribution is 5.71. The molecule has 5 nitrogen and oxygen atoms in total. The number of phenols is 1. The van der Waals surface area contributed by atoms with Crippen LogP contribution in [0.5, 0.6) is 5.75 Å². The molecule has 16 heavy (non-hydrogen) atoms. The van der Waals surface area contributed by atoms with Crippen molar-refractivity contribution in [1.82, 2.24) is 0 Å². The molecule has 0 saturated heterocycles. The van der Waals surface area contributed by atoms with Gasteiger partial charge in [0.15, 0.2) is 5.75 Å². The van der Waals surface area contributed by atoms with E-state index in [4.69, 9.17) is 10.4 Å². The van der Waals surface area contributed by atoms with Crippen molar-refractivity contribution in [2.24, 2.45) is 4.99 Å². The van der Waals surface area contributed by atoms with Gasteiger partial charge in [-0.1, -0.05) is 20.8 Å². The molecule has 0 atom stereocenters. The van der Waals surface area contributed by atoms with Gasteiger partial charge in [0.05, 0.1) is 0 Å². The van der Waals surface area contributed by atoms with Gasteiger partial charge in [-0.05, 0) is 29.8 Å². The Labute approximate surface area is 94.2 Å². The maximum atomic E-state index is 9.65. The Balaban J connectivity index is 3.46. The number of aliphatic imine (C=N–C) groups is 1. The van der Waals surface area contributed by atoms with Crippen molar-refractivity contribution in [1.29, 1.82) is 0 Å². The van der Waals surface area contributed by atoms with Crippen molar-refractivity contribution in [3.8, 4) is 5.75 Å². The minimum atomic E-state index is -0.312. The highest BCUT2D eigenvalue weighted by atomic mass is 16.8. The molecule has 0 aromatic heterocycles. The number of hydrogen-bond donors (Lipinski definition) is 3. The number of benzene rings is 1. The second kappa shape index (κ2) is 4.11. The molecule has 1 aromatic rings. The van der Waals surface area contributed by atoms with Crippen LogP contribution in [0.25, 0.3) is 0 Å². The van der Waals surface area contributed by atoms with Crippen LogP contribution < -0.4 is 5.23 Å². The zero-order valence-corrected chi connectivity index (χ0v) is 9.60. The van der Waals surface area contributed by atoms with Crippen molar-refractivity contribution in [2.75, 3.05) is 5.23 Å². The molecule has 0 saturated carbocycles. The zero-order valence-electron chi connectivity index (χ0n) is 9.60. The molecule has 0 aliphatic rings. The number of hydrogen-bond acceptors (Lipinski definition) is 5. The third kappa shape index (κ3) is 2.32. The minimum Gasteiger partial charge on any atom is -0.504 e. The summed E-state index contributed by atoms with van der Waals surface area (Å²) >= 11 is 0. The lowest BCUT2D eigenvalue weighted by molar-refractivity contribution is 0.0279. The van der Waals surface area contributed by atoms with E-state index in [0.717, 1.165) is 5.56 Å². The SMILES string of the molecule is C=Nc1cc(C(C)(C)C)cc(N(O)O)c1O. The summed E-state index contributed by atoms with van der Waals surface area (Å²) in [5.41, 5.74) is 0.721. The Bertz CT molecular complexity index is 408. The minimum absolute atomic E-state index is 0.116. The lowest BCUT2D eigenvalue weighted by atomic mass is 9.86. The maximum absolute atomic E-state index is 9.65. The molecule has 0 spiro atoms. The topological polar surface area (TPSA) is 76.3 Å². The van der Waals surface area contributed by atoms with E-state index in [1.54, 1.807) is 6.07 Å². The molecular formula is C11H16N2O3. The third-order valence-electron chi connectivity index (χ3n) is 2.32. The summed E-state index contributed by atoms with van der Waals surface area (Å²) in [5.74, 6) is -0.312. The van der Waals surface area contributed by atoms with E-state index < -0.39 is 0 Å². The van der Waals surface area contributed by atoms with Crippen LogP contribution in [-0.4, -0.2) is 22.2 Å². The summed E-state index contributed by atoms with van der Waals surface area (Å²) in [7, 11) is 0. The van der Waals surface area contributed by atoms with E-state index in [-0.39, 0.29) is 27.8 Å². The van der Waals surface area contributed by atoms with E-state index in [1.807, 2.05) is 20.8 Å². The van der Waals surface area contributed by atoms with Crippen molar-refractivity contribution < 1.29 is 15.5 Å². The molecule has 88 valence electrons. The highest BCUT2D eigenvalue weighted by Gasteiger charge is 2.20. The van der Waals surface area contributed by atoms with Crippen molar-refractivity contribution in [3.05, 3.63) is 17.7 Å². The molecule has 0 aliphatic heterocycles. The van der Waals surface area contributed by atoms with Crippen molar-refractivity contribution >= 4 is 18.1 Å². The van der Waals surface area contributed by atoms with Crippen molar-refractivity contribution in [3.63, 3.8) is 0 Å². The largest absolute Gasteiger partial charge is 0.504 e. The average Bonchev–Trinajstić information content (AvgIpc) is 2.15. The fourth-order valence-electron chi connectivity index (χ4n) is 1.31. The predicted octanol–water partition coefficient (Wildman–Crippen LogP) is 2.61. The third-order valence-corrected chi connectivity index (χ3v) is 2.32. The first-order valence-electron chi connectivity index (χ1n) is 4.79. The molecule has 0 heterocycles. The van der Waals surface area contributed by atoms with Crippen LogP contribution in [-0.2, 0) is 5.41 Å². The first-order valence-corrected chi connectivity index (χ1v) is 4.79. The highest BCUT2D eigenvalue weighted by Crippen LogP contribution is 2.40. The van der Waals surface area contributed by atoms with Gasteiger partial charge in [-0.25, -0.2) is 0 Å². The summed E-state index contributed by atoms with van der Waals surface area (Å²) in [6.07, 6.45) is 0. The molecule has 0 amide bonds. The Hall–Kier alpha value is -1.59. The van der Waals surface area contributed by atoms with Crippen LogP contribution in [0.3, 0.4) is 0 Å². The number of phenolic OH excluding ortho intramolecular Hbond substituents is 1. The Kier molecular flexibility index (Phi) is 3.21. The Morgan fingerprint density at radius 1 is 1.25 bits per heavy atom. The molecule has 0 unspecified atom stereocenters. The fourth-order valence-corrected chi connectivity index (χ4v) is 1.31.